The molecular formula is C13H14ClF3N2O2. The Labute approximate surface area is 124 Å². The van der Waals surface area contributed by atoms with Crippen LogP contribution < -0.4 is 10.6 Å². The Bertz CT molecular complexity index is 533. The molecule has 2 amide bonds. The van der Waals surface area contributed by atoms with E-state index in [0.29, 0.717) is 19.0 Å². The van der Waals surface area contributed by atoms with Gasteiger partial charge in [-0.25, -0.2) is 0 Å². The average Bonchev–Trinajstić information content (AvgIpc) is 2.40. The minimum atomic E-state index is -4.56. The summed E-state index contributed by atoms with van der Waals surface area (Å²) in [5, 5.41) is 4.33. The molecule has 0 radical (unpaired) electrons. The van der Waals surface area contributed by atoms with Crippen LogP contribution in [0.3, 0.4) is 0 Å². The van der Waals surface area contributed by atoms with Gasteiger partial charge in [-0.05, 0) is 24.6 Å². The average molecular weight is 323 g/mol. The molecule has 0 bridgehead atoms. The van der Waals surface area contributed by atoms with Crippen molar-refractivity contribution in [3.63, 3.8) is 0 Å². The number of halogens is 4. The second-order valence-electron chi connectivity index (χ2n) is 4.26. The van der Waals surface area contributed by atoms with Crippen LogP contribution in [0.25, 0.3) is 0 Å². The standard InChI is InChI=1S/C13H14ClF3N2O2/c1-2-3-6-18-11(20)12(21)19-10-7-8(13(15,16)17)4-5-9(10)14/h4-5,7H,2-3,6H2,1H3,(H,18,20)(H,19,21). The van der Waals surface area contributed by atoms with E-state index in [4.69, 9.17) is 11.6 Å². The molecule has 2 N–H and O–H groups in total. The maximum Gasteiger partial charge on any atom is 0.416 e. The number of benzene rings is 1. The molecule has 0 saturated carbocycles. The summed E-state index contributed by atoms with van der Waals surface area (Å²) in [6.07, 6.45) is -3.03. The second-order valence-corrected chi connectivity index (χ2v) is 4.66. The maximum absolute atomic E-state index is 12.6. The van der Waals surface area contributed by atoms with E-state index in [1.165, 1.54) is 0 Å². The van der Waals surface area contributed by atoms with Crippen molar-refractivity contribution < 1.29 is 22.8 Å². The van der Waals surface area contributed by atoms with Crippen LogP contribution in [0.15, 0.2) is 18.2 Å². The fraction of sp³-hybridized carbons (Fsp3) is 0.385. The van der Waals surface area contributed by atoms with Crippen molar-refractivity contribution in [2.24, 2.45) is 0 Å². The first-order chi connectivity index (χ1) is 9.75. The molecule has 0 aromatic heterocycles. The molecule has 0 aliphatic rings. The summed E-state index contributed by atoms with van der Waals surface area (Å²) < 4.78 is 37.7. The van der Waals surface area contributed by atoms with Crippen molar-refractivity contribution in [2.75, 3.05) is 11.9 Å². The highest BCUT2D eigenvalue weighted by Crippen LogP contribution is 2.33. The third-order valence-corrected chi connectivity index (χ3v) is 2.89. The predicted molar refractivity (Wildman–Crippen MR) is 73.0 cm³/mol. The van der Waals surface area contributed by atoms with Crippen LogP contribution in [0.4, 0.5) is 18.9 Å². The van der Waals surface area contributed by atoms with Crippen LogP contribution in [0.2, 0.25) is 5.02 Å². The Hall–Kier alpha value is -1.76. The van der Waals surface area contributed by atoms with Gasteiger partial charge >= 0.3 is 18.0 Å². The van der Waals surface area contributed by atoms with Gasteiger partial charge in [0.1, 0.15) is 0 Å². The van der Waals surface area contributed by atoms with Crippen LogP contribution in [-0.4, -0.2) is 18.4 Å². The molecule has 1 rings (SSSR count). The molecule has 1 aromatic carbocycles. The molecule has 21 heavy (non-hydrogen) atoms. The Balaban J connectivity index is 2.78. The number of hydrogen-bond donors (Lipinski definition) is 2. The van der Waals surface area contributed by atoms with E-state index in [9.17, 15) is 22.8 Å². The summed E-state index contributed by atoms with van der Waals surface area (Å²) in [5.41, 5.74) is -1.23. The van der Waals surface area contributed by atoms with Gasteiger partial charge in [-0.15, -0.1) is 0 Å². The first kappa shape index (κ1) is 17.3. The van der Waals surface area contributed by atoms with E-state index < -0.39 is 23.6 Å². The van der Waals surface area contributed by atoms with Gasteiger partial charge in [0.05, 0.1) is 16.3 Å². The lowest BCUT2D eigenvalue weighted by molar-refractivity contribution is -0.137. The van der Waals surface area contributed by atoms with Gasteiger partial charge in [-0.2, -0.15) is 13.2 Å². The van der Waals surface area contributed by atoms with Gasteiger partial charge in [0.2, 0.25) is 0 Å². The number of anilines is 1. The van der Waals surface area contributed by atoms with Crippen LogP contribution in [0, 0.1) is 0 Å². The molecule has 0 unspecified atom stereocenters. The SMILES string of the molecule is CCCCNC(=O)C(=O)Nc1cc(C(F)(F)F)ccc1Cl. The number of alkyl halides is 3. The lowest BCUT2D eigenvalue weighted by atomic mass is 10.2. The summed E-state index contributed by atoms with van der Waals surface area (Å²) in [7, 11) is 0. The van der Waals surface area contributed by atoms with Crippen LogP contribution >= 0.6 is 11.6 Å². The molecule has 116 valence electrons. The normalized spacial score (nSPS) is 11.1. The van der Waals surface area contributed by atoms with Gasteiger partial charge in [0.25, 0.3) is 0 Å². The van der Waals surface area contributed by atoms with Crippen LogP contribution in [-0.2, 0) is 15.8 Å². The van der Waals surface area contributed by atoms with Crippen molar-refractivity contribution >= 4 is 29.1 Å². The summed E-state index contributed by atoms with van der Waals surface area (Å²) in [5.74, 6) is -1.98. The van der Waals surface area contributed by atoms with Gasteiger partial charge in [-0.3, -0.25) is 9.59 Å². The lowest BCUT2D eigenvalue weighted by Gasteiger charge is -2.11. The molecule has 0 heterocycles. The zero-order chi connectivity index (χ0) is 16.0. The molecule has 0 aliphatic heterocycles. The van der Waals surface area contributed by atoms with Crippen molar-refractivity contribution in [1.29, 1.82) is 0 Å². The third kappa shape index (κ3) is 5.26. The number of rotatable bonds is 4. The zero-order valence-corrected chi connectivity index (χ0v) is 11.9. The molecule has 1 aromatic rings. The number of hydrogen-bond acceptors (Lipinski definition) is 2. The number of carbonyl (C=O) groups excluding carboxylic acids is 2. The van der Waals surface area contributed by atoms with Crippen LogP contribution in [0.5, 0.6) is 0 Å². The monoisotopic (exact) mass is 322 g/mol. The van der Waals surface area contributed by atoms with Gasteiger partial charge in [0, 0.05) is 6.54 Å². The van der Waals surface area contributed by atoms with Crippen molar-refractivity contribution in [3.8, 4) is 0 Å². The van der Waals surface area contributed by atoms with Crippen molar-refractivity contribution in [1.82, 2.24) is 5.32 Å². The fourth-order valence-corrected chi connectivity index (χ4v) is 1.60. The largest absolute Gasteiger partial charge is 0.416 e. The van der Waals surface area contributed by atoms with E-state index in [1.807, 2.05) is 6.92 Å². The molecule has 0 fully saturated rings. The topological polar surface area (TPSA) is 58.2 Å². The lowest BCUT2D eigenvalue weighted by Crippen LogP contribution is -2.36. The third-order valence-electron chi connectivity index (χ3n) is 2.56. The van der Waals surface area contributed by atoms with Crippen LogP contribution in [0.1, 0.15) is 25.3 Å². The van der Waals surface area contributed by atoms with E-state index in [-0.39, 0.29) is 10.7 Å². The Kier molecular flexibility index (Phi) is 6.02. The first-order valence-corrected chi connectivity index (χ1v) is 6.59. The molecule has 4 nitrogen and oxygen atoms in total. The number of amides is 2. The minimum absolute atomic E-state index is 0.0855. The number of nitrogens with one attached hydrogen (secondary N) is 2. The van der Waals surface area contributed by atoms with E-state index in [1.54, 1.807) is 0 Å². The minimum Gasteiger partial charge on any atom is -0.348 e. The molecule has 0 atom stereocenters. The van der Waals surface area contributed by atoms with E-state index in [2.05, 4.69) is 10.6 Å². The van der Waals surface area contributed by atoms with Gasteiger partial charge < -0.3 is 10.6 Å². The maximum atomic E-state index is 12.6. The summed E-state index contributed by atoms with van der Waals surface area (Å²) in [6, 6.07) is 2.48. The highest BCUT2D eigenvalue weighted by Gasteiger charge is 2.31. The Morgan fingerprint density at radius 1 is 1.24 bits per heavy atom. The van der Waals surface area contributed by atoms with Crippen molar-refractivity contribution in [3.05, 3.63) is 28.8 Å². The number of unbranched alkanes of at least 4 members (excludes halogenated alkanes) is 1. The quantitative estimate of drug-likeness (QED) is 0.660. The predicted octanol–water partition coefficient (Wildman–Crippen LogP) is 3.21. The van der Waals surface area contributed by atoms with E-state index in [0.717, 1.165) is 18.6 Å². The summed E-state index contributed by atoms with van der Waals surface area (Å²) in [6.45, 7) is 2.23. The van der Waals surface area contributed by atoms with E-state index >= 15 is 0 Å². The highest BCUT2D eigenvalue weighted by atomic mass is 35.5. The molecule has 8 heteroatoms. The Morgan fingerprint density at radius 2 is 1.90 bits per heavy atom. The summed E-state index contributed by atoms with van der Waals surface area (Å²) in [4.78, 5) is 23.0. The fourth-order valence-electron chi connectivity index (χ4n) is 1.44. The van der Waals surface area contributed by atoms with Gasteiger partial charge in [0.15, 0.2) is 0 Å². The van der Waals surface area contributed by atoms with Crippen molar-refractivity contribution in [2.45, 2.75) is 25.9 Å². The molecular weight excluding hydrogens is 309 g/mol. The molecule has 0 aliphatic carbocycles. The smallest absolute Gasteiger partial charge is 0.348 e. The van der Waals surface area contributed by atoms with Gasteiger partial charge in [-0.1, -0.05) is 24.9 Å². The zero-order valence-electron chi connectivity index (χ0n) is 11.2. The number of carbonyl (C=O) groups is 2. The molecule has 0 spiro atoms. The first-order valence-electron chi connectivity index (χ1n) is 6.21. The molecule has 0 saturated heterocycles. The second kappa shape index (κ2) is 7.31. The Morgan fingerprint density at radius 3 is 2.48 bits per heavy atom. The summed E-state index contributed by atoms with van der Waals surface area (Å²) >= 11 is 5.71. The highest BCUT2D eigenvalue weighted by molar-refractivity contribution is 6.41.